The monoisotopic (exact) mass is 373 g/mol. The Morgan fingerprint density at radius 3 is 2.38 bits per heavy atom. The highest BCUT2D eigenvalue weighted by Crippen LogP contribution is 2.40. The number of benzene rings is 2. The second kappa shape index (κ2) is 7.70. The van der Waals surface area contributed by atoms with Crippen molar-refractivity contribution in [3.8, 4) is 17.2 Å². The summed E-state index contributed by atoms with van der Waals surface area (Å²) < 4.78 is 15.9. The molecule has 0 radical (unpaired) electrons. The van der Waals surface area contributed by atoms with Gasteiger partial charge in [-0.1, -0.05) is 12.1 Å². The Labute approximate surface area is 155 Å². The molecule has 0 aliphatic carbocycles. The smallest absolute Gasteiger partial charge is 0.256 e. The van der Waals surface area contributed by atoms with E-state index in [0.29, 0.717) is 46.2 Å². The van der Waals surface area contributed by atoms with Crippen molar-refractivity contribution in [3.05, 3.63) is 41.5 Å². The highest BCUT2D eigenvalue weighted by molar-refractivity contribution is 7.99. The van der Waals surface area contributed by atoms with Gasteiger partial charge in [-0.25, -0.2) is 0 Å². The van der Waals surface area contributed by atoms with Gasteiger partial charge in [0.15, 0.2) is 17.3 Å². The first-order chi connectivity index (χ1) is 12.6. The zero-order valence-electron chi connectivity index (χ0n) is 14.8. The summed E-state index contributed by atoms with van der Waals surface area (Å²) in [5, 5.41) is 2.84. The molecule has 0 atom stereocenters. The molecule has 26 heavy (non-hydrogen) atoms. The maximum Gasteiger partial charge on any atom is 0.256 e. The molecule has 6 nitrogen and oxygen atoms in total. The van der Waals surface area contributed by atoms with Crippen LogP contribution in [0.5, 0.6) is 17.2 Å². The van der Waals surface area contributed by atoms with E-state index in [9.17, 15) is 9.59 Å². The summed E-state index contributed by atoms with van der Waals surface area (Å²) in [4.78, 5) is 25.6. The average Bonchev–Trinajstić information content (AvgIpc) is 2.67. The van der Waals surface area contributed by atoms with Crippen molar-refractivity contribution in [2.45, 2.75) is 11.3 Å². The number of hydrogen-bond acceptors (Lipinski definition) is 6. The van der Waals surface area contributed by atoms with Gasteiger partial charge in [0.25, 0.3) is 5.91 Å². The largest absolute Gasteiger partial charge is 0.493 e. The highest BCUT2D eigenvalue weighted by Gasteiger charge is 2.23. The Balaban J connectivity index is 1.94. The number of Topliss-reactive ketones (excluding diaryl/α,β-unsaturated/α-hetero) is 1. The van der Waals surface area contributed by atoms with E-state index in [1.54, 1.807) is 30.3 Å². The average molecular weight is 373 g/mol. The van der Waals surface area contributed by atoms with Crippen LogP contribution in [0.2, 0.25) is 0 Å². The molecule has 3 rings (SSSR count). The summed E-state index contributed by atoms with van der Waals surface area (Å²) in [6.07, 6.45) is 0.496. The van der Waals surface area contributed by atoms with Gasteiger partial charge in [0.2, 0.25) is 5.75 Å². The third kappa shape index (κ3) is 3.35. The van der Waals surface area contributed by atoms with Crippen LogP contribution >= 0.6 is 11.8 Å². The second-order valence-corrected chi connectivity index (χ2v) is 6.68. The van der Waals surface area contributed by atoms with Crippen molar-refractivity contribution >= 4 is 29.1 Å². The lowest BCUT2D eigenvalue weighted by molar-refractivity contribution is 0.0984. The third-order valence-corrected chi connectivity index (χ3v) is 5.19. The number of amides is 1. The van der Waals surface area contributed by atoms with Crippen molar-refractivity contribution in [3.63, 3.8) is 0 Å². The molecule has 0 spiro atoms. The lowest BCUT2D eigenvalue weighted by atomic mass is 10.0. The van der Waals surface area contributed by atoms with Crippen molar-refractivity contribution < 1.29 is 23.8 Å². The van der Waals surface area contributed by atoms with Crippen molar-refractivity contribution in [1.29, 1.82) is 0 Å². The molecule has 1 amide bonds. The SMILES string of the molecule is COc1cc(NC(=O)c2cccc3c2SCCC3=O)cc(OC)c1OC. The van der Waals surface area contributed by atoms with E-state index in [0.717, 1.165) is 4.90 Å². The fraction of sp³-hybridized carbons (Fsp3) is 0.263. The normalized spacial score (nSPS) is 13.0. The molecular formula is C19H19NO5S. The van der Waals surface area contributed by atoms with Crippen LogP contribution in [0.1, 0.15) is 27.1 Å². The molecule has 0 saturated carbocycles. The zero-order valence-corrected chi connectivity index (χ0v) is 15.6. The van der Waals surface area contributed by atoms with E-state index in [1.807, 2.05) is 0 Å². The van der Waals surface area contributed by atoms with Gasteiger partial charge in [0, 0.05) is 40.5 Å². The van der Waals surface area contributed by atoms with E-state index in [2.05, 4.69) is 5.32 Å². The standard InChI is InChI=1S/C19H19NO5S/c1-23-15-9-11(10-16(24-2)17(15)25-3)20-19(22)13-6-4-5-12-14(21)7-8-26-18(12)13/h4-6,9-10H,7-8H2,1-3H3,(H,20,22). The molecule has 0 saturated heterocycles. The Morgan fingerprint density at radius 2 is 1.77 bits per heavy atom. The Hall–Kier alpha value is -2.67. The number of rotatable bonds is 5. The van der Waals surface area contributed by atoms with Crippen LogP contribution in [0, 0.1) is 0 Å². The molecule has 2 aromatic rings. The summed E-state index contributed by atoms with van der Waals surface area (Å²) in [5.41, 5.74) is 1.60. The predicted octanol–water partition coefficient (Wildman–Crippen LogP) is 3.64. The summed E-state index contributed by atoms with van der Waals surface area (Å²) in [7, 11) is 4.54. The van der Waals surface area contributed by atoms with Crippen LogP contribution in [-0.2, 0) is 0 Å². The topological polar surface area (TPSA) is 73.9 Å². The lowest BCUT2D eigenvalue weighted by Crippen LogP contribution is -2.17. The molecule has 0 aromatic heterocycles. The molecular weight excluding hydrogens is 354 g/mol. The first-order valence-electron chi connectivity index (χ1n) is 7.99. The number of hydrogen-bond donors (Lipinski definition) is 1. The van der Waals surface area contributed by atoms with Crippen molar-refractivity contribution in [2.24, 2.45) is 0 Å². The fourth-order valence-corrected chi connectivity index (χ4v) is 3.97. The second-order valence-electron chi connectivity index (χ2n) is 5.57. The minimum Gasteiger partial charge on any atom is -0.493 e. The summed E-state index contributed by atoms with van der Waals surface area (Å²) in [5.74, 6) is 1.80. The maximum absolute atomic E-state index is 12.8. The number of anilines is 1. The molecule has 1 aliphatic rings. The third-order valence-electron chi connectivity index (χ3n) is 4.06. The molecule has 0 unspecified atom stereocenters. The summed E-state index contributed by atoms with van der Waals surface area (Å²) in [6, 6.07) is 8.53. The molecule has 0 bridgehead atoms. The minimum atomic E-state index is -0.293. The van der Waals surface area contributed by atoms with Gasteiger partial charge >= 0.3 is 0 Å². The number of ketones is 1. The van der Waals surface area contributed by atoms with E-state index >= 15 is 0 Å². The van der Waals surface area contributed by atoms with Crippen LogP contribution in [0.4, 0.5) is 5.69 Å². The molecule has 1 N–H and O–H groups in total. The number of nitrogens with one attached hydrogen (secondary N) is 1. The Bertz CT molecular complexity index is 840. The predicted molar refractivity (Wildman–Crippen MR) is 100 cm³/mol. The van der Waals surface area contributed by atoms with Gasteiger partial charge in [-0.15, -0.1) is 11.8 Å². The molecule has 1 aliphatic heterocycles. The number of methoxy groups -OCH3 is 3. The number of fused-ring (bicyclic) bond motifs is 1. The Morgan fingerprint density at radius 1 is 1.08 bits per heavy atom. The van der Waals surface area contributed by atoms with Crippen LogP contribution in [0.3, 0.4) is 0 Å². The molecule has 136 valence electrons. The summed E-state index contributed by atoms with van der Waals surface area (Å²) in [6.45, 7) is 0. The first kappa shape index (κ1) is 18.1. The number of carbonyl (C=O) groups is 2. The van der Waals surface area contributed by atoms with Gasteiger partial charge in [-0.05, 0) is 6.07 Å². The van der Waals surface area contributed by atoms with E-state index in [1.165, 1.54) is 33.1 Å². The van der Waals surface area contributed by atoms with Crippen LogP contribution < -0.4 is 19.5 Å². The molecule has 2 aromatic carbocycles. The highest BCUT2D eigenvalue weighted by atomic mass is 32.2. The van der Waals surface area contributed by atoms with Crippen LogP contribution in [0.25, 0.3) is 0 Å². The maximum atomic E-state index is 12.8. The fourth-order valence-electron chi connectivity index (χ4n) is 2.82. The van der Waals surface area contributed by atoms with Gasteiger partial charge in [-0.3, -0.25) is 9.59 Å². The van der Waals surface area contributed by atoms with E-state index < -0.39 is 0 Å². The van der Waals surface area contributed by atoms with Gasteiger partial charge in [0.05, 0.1) is 26.9 Å². The zero-order chi connectivity index (χ0) is 18.7. The van der Waals surface area contributed by atoms with E-state index in [4.69, 9.17) is 14.2 Å². The van der Waals surface area contributed by atoms with Crippen molar-refractivity contribution in [2.75, 3.05) is 32.4 Å². The molecule has 0 fully saturated rings. The first-order valence-corrected chi connectivity index (χ1v) is 8.98. The van der Waals surface area contributed by atoms with Crippen molar-refractivity contribution in [1.82, 2.24) is 0 Å². The number of ether oxygens (including phenoxy) is 3. The number of thioether (sulfide) groups is 1. The quantitative estimate of drug-likeness (QED) is 0.862. The lowest BCUT2D eigenvalue weighted by Gasteiger charge is -2.18. The van der Waals surface area contributed by atoms with Gasteiger partial charge in [0.1, 0.15) is 0 Å². The van der Waals surface area contributed by atoms with E-state index in [-0.39, 0.29) is 11.7 Å². The minimum absolute atomic E-state index is 0.0705. The summed E-state index contributed by atoms with van der Waals surface area (Å²) >= 11 is 1.53. The number of carbonyl (C=O) groups excluding carboxylic acids is 2. The van der Waals surface area contributed by atoms with Crippen LogP contribution in [-0.4, -0.2) is 38.8 Å². The Kier molecular flexibility index (Phi) is 5.37. The molecule has 7 heteroatoms. The van der Waals surface area contributed by atoms with Crippen LogP contribution in [0.15, 0.2) is 35.2 Å². The van der Waals surface area contributed by atoms with Gasteiger partial charge in [-0.2, -0.15) is 0 Å². The van der Waals surface area contributed by atoms with Gasteiger partial charge < -0.3 is 19.5 Å². The molecule has 1 heterocycles.